The molecule has 0 unspecified atom stereocenters. The van der Waals surface area contributed by atoms with E-state index in [0.717, 1.165) is 16.7 Å². The fourth-order valence-corrected chi connectivity index (χ4v) is 1.61. The van der Waals surface area contributed by atoms with E-state index in [-0.39, 0.29) is 0 Å². The van der Waals surface area contributed by atoms with Crippen LogP contribution in [0.3, 0.4) is 0 Å². The molecule has 2 heteroatoms. The molecule has 0 saturated carbocycles. The highest BCUT2D eigenvalue weighted by Crippen LogP contribution is 2.20. The predicted octanol–water partition coefficient (Wildman–Crippen LogP) is 3.26. The third-order valence-electron chi connectivity index (χ3n) is 2.52. The Morgan fingerprint density at radius 2 is 1.94 bits per heavy atom. The lowest BCUT2D eigenvalue weighted by molar-refractivity contribution is 0.472. The van der Waals surface area contributed by atoms with Gasteiger partial charge in [-0.1, -0.05) is 18.6 Å². The molecule has 0 amide bonds. The minimum atomic E-state index is 0.766. The van der Waals surface area contributed by atoms with Crippen molar-refractivity contribution in [1.82, 2.24) is 9.47 Å². The van der Waals surface area contributed by atoms with Gasteiger partial charge in [-0.05, 0) is 31.4 Å². The van der Waals surface area contributed by atoms with Crippen molar-refractivity contribution < 1.29 is 0 Å². The molecule has 0 radical (unpaired) electrons. The summed E-state index contributed by atoms with van der Waals surface area (Å²) in [7, 11) is 6.42. The van der Waals surface area contributed by atoms with Gasteiger partial charge in [0.05, 0.1) is 21.1 Å². The fourth-order valence-electron chi connectivity index (χ4n) is 1.61. The maximum Gasteiger partial charge on any atom is 0.227 e. The van der Waals surface area contributed by atoms with E-state index in [1.54, 1.807) is 0 Å². The van der Waals surface area contributed by atoms with Crippen LogP contribution in [0, 0.1) is 0 Å². The first-order valence-corrected chi connectivity index (χ1v) is 5.80. The van der Waals surface area contributed by atoms with Crippen LogP contribution in [0.25, 0.3) is 6.08 Å². The second kappa shape index (κ2) is 4.79. The minimum Gasteiger partial charge on any atom is -0.282 e. The third-order valence-corrected chi connectivity index (χ3v) is 2.52. The molecule has 1 aromatic rings. The number of allylic oxidation sites excluding steroid dienone is 1. The summed E-state index contributed by atoms with van der Waals surface area (Å²) in [4.78, 5) is 4.54. The zero-order valence-electron chi connectivity index (χ0n) is 11.3. The standard InChI is InChI=1S/C14H23N2/c1-7-12-9-14(16(4,5)6)15-10-13(12)8-11(2)3/h8-10H,7H2,1-6H3/q+1. The smallest absolute Gasteiger partial charge is 0.227 e. The van der Waals surface area contributed by atoms with Gasteiger partial charge in [-0.15, -0.1) is 0 Å². The van der Waals surface area contributed by atoms with E-state index in [0.29, 0.717) is 0 Å². The van der Waals surface area contributed by atoms with Crippen LogP contribution in [0.1, 0.15) is 31.9 Å². The largest absolute Gasteiger partial charge is 0.282 e. The van der Waals surface area contributed by atoms with Gasteiger partial charge in [-0.25, -0.2) is 4.98 Å². The first-order chi connectivity index (χ1) is 7.34. The molecule has 0 atom stereocenters. The lowest BCUT2D eigenvalue weighted by Gasteiger charge is -2.22. The monoisotopic (exact) mass is 219 g/mol. The zero-order valence-corrected chi connectivity index (χ0v) is 11.3. The van der Waals surface area contributed by atoms with E-state index < -0.39 is 0 Å². The van der Waals surface area contributed by atoms with Crippen LogP contribution in [0.4, 0.5) is 5.82 Å². The molecule has 1 aromatic heterocycles. The Labute approximate surface area is 99.2 Å². The van der Waals surface area contributed by atoms with E-state index in [9.17, 15) is 0 Å². The highest BCUT2D eigenvalue weighted by Gasteiger charge is 2.15. The summed E-state index contributed by atoms with van der Waals surface area (Å²) in [5, 5.41) is 0. The van der Waals surface area contributed by atoms with Crippen molar-refractivity contribution in [2.45, 2.75) is 27.2 Å². The minimum absolute atomic E-state index is 0.766. The number of quaternary nitrogens is 1. The van der Waals surface area contributed by atoms with Crippen LogP contribution < -0.4 is 4.48 Å². The van der Waals surface area contributed by atoms with Crippen LogP contribution in [0.2, 0.25) is 0 Å². The molecule has 0 spiro atoms. The van der Waals surface area contributed by atoms with Crippen molar-refractivity contribution >= 4 is 11.9 Å². The Kier molecular flexibility index (Phi) is 3.87. The molecule has 0 N–H and O–H groups in total. The van der Waals surface area contributed by atoms with Crippen LogP contribution >= 0.6 is 0 Å². The Hall–Kier alpha value is -1.15. The molecular weight excluding hydrogens is 196 g/mol. The van der Waals surface area contributed by atoms with Crippen molar-refractivity contribution in [3.8, 4) is 0 Å². The molecule has 0 fully saturated rings. The zero-order chi connectivity index (χ0) is 12.3. The Morgan fingerprint density at radius 3 is 2.38 bits per heavy atom. The van der Waals surface area contributed by atoms with Crippen LogP contribution in [-0.4, -0.2) is 26.1 Å². The van der Waals surface area contributed by atoms with Crippen molar-refractivity contribution in [3.05, 3.63) is 29.0 Å². The average Bonchev–Trinajstić information content (AvgIpc) is 2.15. The molecule has 1 heterocycles. The summed E-state index contributed by atoms with van der Waals surface area (Å²) in [6.07, 6.45) is 5.24. The number of aromatic nitrogens is 1. The van der Waals surface area contributed by atoms with Gasteiger partial charge in [0.1, 0.15) is 0 Å². The van der Waals surface area contributed by atoms with Gasteiger partial charge in [-0.3, -0.25) is 4.48 Å². The molecule has 2 nitrogen and oxygen atoms in total. The van der Waals surface area contributed by atoms with Crippen LogP contribution in [0.5, 0.6) is 0 Å². The maximum atomic E-state index is 4.54. The number of hydrogen-bond donors (Lipinski definition) is 0. The van der Waals surface area contributed by atoms with Crippen LogP contribution in [-0.2, 0) is 6.42 Å². The fraction of sp³-hybridized carbons (Fsp3) is 0.500. The highest BCUT2D eigenvalue weighted by atomic mass is 15.3. The summed E-state index contributed by atoms with van der Waals surface area (Å²) in [5.74, 6) is 1.11. The van der Waals surface area contributed by atoms with Gasteiger partial charge in [0, 0.05) is 12.3 Å². The van der Waals surface area contributed by atoms with Gasteiger partial charge in [-0.2, -0.15) is 0 Å². The quantitative estimate of drug-likeness (QED) is 0.711. The molecule has 1 rings (SSSR count). The molecule has 0 aromatic carbocycles. The molecular formula is C14H23N2+. The average molecular weight is 219 g/mol. The summed E-state index contributed by atoms with van der Waals surface area (Å²) in [5.41, 5.74) is 3.94. The molecule has 0 saturated heterocycles. The van der Waals surface area contributed by atoms with Gasteiger partial charge >= 0.3 is 0 Å². The number of nitrogens with zero attached hydrogens (tertiary/aromatic N) is 2. The molecule has 0 aliphatic carbocycles. The summed E-state index contributed by atoms with van der Waals surface area (Å²) < 4.78 is 0.766. The summed E-state index contributed by atoms with van der Waals surface area (Å²) in [6.45, 7) is 6.43. The molecule has 88 valence electrons. The van der Waals surface area contributed by atoms with Crippen molar-refractivity contribution in [3.63, 3.8) is 0 Å². The Morgan fingerprint density at radius 1 is 1.31 bits per heavy atom. The molecule has 0 bridgehead atoms. The SMILES string of the molecule is CCc1cc([N+](C)(C)C)ncc1C=C(C)C. The van der Waals surface area contributed by atoms with Crippen molar-refractivity contribution in [2.24, 2.45) is 0 Å². The second-order valence-corrected chi connectivity index (χ2v) is 5.33. The van der Waals surface area contributed by atoms with Gasteiger partial charge in [0.25, 0.3) is 0 Å². The lowest BCUT2D eigenvalue weighted by Crippen LogP contribution is -2.35. The first kappa shape index (κ1) is 12.9. The number of aryl methyl sites for hydroxylation is 1. The van der Waals surface area contributed by atoms with E-state index >= 15 is 0 Å². The first-order valence-electron chi connectivity index (χ1n) is 5.80. The van der Waals surface area contributed by atoms with E-state index in [2.05, 4.69) is 59.0 Å². The molecule has 0 aliphatic heterocycles. The lowest BCUT2D eigenvalue weighted by atomic mass is 10.1. The maximum absolute atomic E-state index is 4.54. The van der Waals surface area contributed by atoms with Crippen LogP contribution in [0.15, 0.2) is 17.8 Å². The third kappa shape index (κ3) is 3.17. The summed E-state index contributed by atoms with van der Waals surface area (Å²) >= 11 is 0. The van der Waals surface area contributed by atoms with E-state index in [1.165, 1.54) is 16.7 Å². The van der Waals surface area contributed by atoms with Crippen molar-refractivity contribution in [2.75, 3.05) is 21.1 Å². The number of hydrogen-bond acceptors (Lipinski definition) is 1. The normalized spacial score (nSPS) is 11.4. The molecule has 0 aliphatic rings. The predicted molar refractivity (Wildman–Crippen MR) is 72.5 cm³/mol. The van der Waals surface area contributed by atoms with E-state index in [4.69, 9.17) is 0 Å². The van der Waals surface area contributed by atoms with Gasteiger partial charge < -0.3 is 0 Å². The van der Waals surface area contributed by atoms with Gasteiger partial charge in [0.2, 0.25) is 5.82 Å². The topological polar surface area (TPSA) is 12.9 Å². The Bertz CT molecular complexity index is 394. The Balaban J connectivity index is 3.22. The molecule has 16 heavy (non-hydrogen) atoms. The number of rotatable bonds is 3. The highest BCUT2D eigenvalue weighted by molar-refractivity contribution is 5.57. The van der Waals surface area contributed by atoms with Gasteiger partial charge in [0.15, 0.2) is 0 Å². The second-order valence-electron chi connectivity index (χ2n) is 5.33. The van der Waals surface area contributed by atoms with E-state index in [1.807, 2.05) is 6.20 Å². The summed E-state index contributed by atoms with van der Waals surface area (Å²) in [6, 6.07) is 2.22. The number of pyridine rings is 1. The van der Waals surface area contributed by atoms with Crippen molar-refractivity contribution in [1.29, 1.82) is 0 Å².